The molecule has 29 heavy (non-hydrogen) atoms. The Morgan fingerprint density at radius 2 is 1.79 bits per heavy atom. The summed E-state index contributed by atoms with van der Waals surface area (Å²) in [7, 11) is 1.80. The Kier molecular flexibility index (Phi) is 8.08. The molecule has 2 aromatic carbocycles. The molecular formula is C24H33N3O2. The average molecular weight is 396 g/mol. The smallest absolute Gasteiger partial charge is 0.191 e. The van der Waals surface area contributed by atoms with Crippen molar-refractivity contribution in [3.63, 3.8) is 0 Å². The number of ether oxygens (including phenoxy) is 2. The van der Waals surface area contributed by atoms with Crippen molar-refractivity contribution in [2.75, 3.05) is 20.3 Å². The molecule has 5 heteroatoms. The Morgan fingerprint density at radius 3 is 2.48 bits per heavy atom. The fourth-order valence-electron chi connectivity index (χ4n) is 3.55. The third-order valence-electron chi connectivity index (χ3n) is 5.37. The van der Waals surface area contributed by atoms with Gasteiger partial charge in [-0.1, -0.05) is 48.5 Å². The molecule has 0 aromatic heterocycles. The molecule has 1 aliphatic heterocycles. The quantitative estimate of drug-likeness (QED) is 0.547. The zero-order valence-electron chi connectivity index (χ0n) is 17.8. The van der Waals surface area contributed by atoms with Gasteiger partial charge in [-0.2, -0.15) is 0 Å². The van der Waals surface area contributed by atoms with E-state index in [-0.39, 0.29) is 6.04 Å². The first-order chi connectivity index (χ1) is 14.2. The SMILES string of the molecule is CN=C(NCc1ccc(COC2CCOCC2)cc1)NC(C)c1ccccc1C. The molecule has 1 unspecified atom stereocenters. The van der Waals surface area contributed by atoms with Crippen molar-refractivity contribution in [3.05, 3.63) is 70.8 Å². The van der Waals surface area contributed by atoms with E-state index in [1.807, 2.05) is 0 Å². The summed E-state index contributed by atoms with van der Waals surface area (Å²) < 4.78 is 11.4. The van der Waals surface area contributed by atoms with Gasteiger partial charge in [0.25, 0.3) is 0 Å². The Labute approximate surface area is 174 Å². The number of nitrogens with one attached hydrogen (secondary N) is 2. The van der Waals surface area contributed by atoms with Crippen molar-refractivity contribution in [2.45, 2.75) is 52.0 Å². The van der Waals surface area contributed by atoms with Gasteiger partial charge in [0.15, 0.2) is 5.96 Å². The fourth-order valence-corrected chi connectivity index (χ4v) is 3.55. The standard InChI is InChI=1S/C24H33N3O2/c1-18-6-4-5-7-23(18)19(2)27-24(25-3)26-16-20-8-10-21(11-9-20)17-29-22-12-14-28-15-13-22/h4-11,19,22H,12-17H2,1-3H3,(H2,25,26,27). The van der Waals surface area contributed by atoms with Crippen LogP contribution in [0.5, 0.6) is 0 Å². The number of hydrogen-bond donors (Lipinski definition) is 2. The lowest BCUT2D eigenvalue weighted by molar-refractivity contribution is -0.0390. The molecule has 3 rings (SSSR count). The highest BCUT2D eigenvalue weighted by atomic mass is 16.5. The van der Waals surface area contributed by atoms with Gasteiger partial charge >= 0.3 is 0 Å². The monoisotopic (exact) mass is 395 g/mol. The zero-order valence-corrected chi connectivity index (χ0v) is 17.8. The van der Waals surface area contributed by atoms with Crippen LogP contribution < -0.4 is 10.6 Å². The highest BCUT2D eigenvalue weighted by Gasteiger charge is 2.14. The van der Waals surface area contributed by atoms with E-state index in [0.29, 0.717) is 12.7 Å². The van der Waals surface area contributed by atoms with Crippen molar-refractivity contribution in [3.8, 4) is 0 Å². The second-order valence-electron chi connectivity index (χ2n) is 7.59. The molecule has 2 N–H and O–H groups in total. The predicted octanol–water partition coefficient (Wildman–Crippen LogP) is 4.12. The molecule has 0 bridgehead atoms. The number of aryl methyl sites for hydroxylation is 1. The highest BCUT2D eigenvalue weighted by molar-refractivity contribution is 5.80. The lowest BCUT2D eigenvalue weighted by Gasteiger charge is -2.22. The van der Waals surface area contributed by atoms with Gasteiger partial charge in [-0.3, -0.25) is 4.99 Å². The summed E-state index contributed by atoms with van der Waals surface area (Å²) in [6, 6.07) is 17.2. The third-order valence-corrected chi connectivity index (χ3v) is 5.37. The summed E-state index contributed by atoms with van der Waals surface area (Å²) in [6.07, 6.45) is 2.32. The van der Waals surface area contributed by atoms with Crippen LogP contribution in [0.1, 0.15) is 48.1 Å². The minimum Gasteiger partial charge on any atom is -0.381 e. The maximum atomic E-state index is 6.00. The Bertz CT molecular complexity index is 783. The molecule has 0 spiro atoms. The number of nitrogens with zero attached hydrogens (tertiary/aromatic N) is 1. The van der Waals surface area contributed by atoms with Gasteiger partial charge in [-0.15, -0.1) is 0 Å². The van der Waals surface area contributed by atoms with E-state index in [9.17, 15) is 0 Å². The first-order valence-electron chi connectivity index (χ1n) is 10.5. The second-order valence-corrected chi connectivity index (χ2v) is 7.59. The molecule has 1 heterocycles. The van der Waals surface area contributed by atoms with E-state index >= 15 is 0 Å². The third kappa shape index (κ3) is 6.58. The number of hydrogen-bond acceptors (Lipinski definition) is 3. The second kappa shape index (κ2) is 11.0. The van der Waals surface area contributed by atoms with Crippen molar-refractivity contribution in [1.29, 1.82) is 0 Å². The Hall–Kier alpha value is -2.37. The van der Waals surface area contributed by atoms with Crippen LogP contribution >= 0.6 is 0 Å². The predicted molar refractivity (Wildman–Crippen MR) is 118 cm³/mol. The molecule has 0 amide bonds. The molecule has 0 radical (unpaired) electrons. The number of aliphatic imine (C=N–C) groups is 1. The zero-order chi connectivity index (χ0) is 20.5. The minimum atomic E-state index is 0.187. The van der Waals surface area contributed by atoms with Crippen LogP contribution in [0, 0.1) is 6.92 Å². The van der Waals surface area contributed by atoms with E-state index in [2.05, 4.69) is 78.0 Å². The van der Waals surface area contributed by atoms with Crippen LogP contribution in [0.15, 0.2) is 53.5 Å². The molecule has 5 nitrogen and oxygen atoms in total. The summed E-state index contributed by atoms with van der Waals surface area (Å²) in [5, 5.41) is 6.87. The summed E-state index contributed by atoms with van der Waals surface area (Å²) in [6.45, 7) is 7.30. The molecule has 2 aromatic rings. The Balaban J connectivity index is 1.46. The van der Waals surface area contributed by atoms with Crippen LogP contribution in [0.4, 0.5) is 0 Å². The largest absolute Gasteiger partial charge is 0.381 e. The van der Waals surface area contributed by atoms with Gasteiger partial charge in [0.05, 0.1) is 18.8 Å². The van der Waals surface area contributed by atoms with Gasteiger partial charge in [-0.05, 0) is 48.9 Å². The number of benzene rings is 2. The lowest BCUT2D eigenvalue weighted by Crippen LogP contribution is -2.38. The van der Waals surface area contributed by atoms with Gasteiger partial charge in [0.1, 0.15) is 0 Å². The highest BCUT2D eigenvalue weighted by Crippen LogP contribution is 2.17. The van der Waals surface area contributed by atoms with Gasteiger partial charge in [0.2, 0.25) is 0 Å². The Morgan fingerprint density at radius 1 is 1.10 bits per heavy atom. The van der Waals surface area contributed by atoms with Gasteiger partial charge in [-0.25, -0.2) is 0 Å². The van der Waals surface area contributed by atoms with Crippen LogP contribution in [0.3, 0.4) is 0 Å². The van der Waals surface area contributed by atoms with Crippen molar-refractivity contribution in [2.24, 2.45) is 4.99 Å². The maximum Gasteiger partial charge on any atom is 0.191 e. The molecule has 1 atom stereocenters. The fraction of sp³-hybridized carbons (Fsp3) is 0.458. The van der Waals surface area contributed by atoms with E-state index in [1.165, 1.54) is 22.3 Å². The van der Waals surface area contributed by atoms with Crippen LogP contribution in [-0.4, -0.2) is 32.3 Å². The molecule has 0 aliphatic carbocycles. The molecule has 1 aliphatic rings. The van der Waals surface area contributed by atoms with Crippen LogP contribution in [0.25, 0.3) is 0 Å². The van der Waals surface area contributed by atoms with Crippen molar-refractivity contribution >= 4 is 5.96 Å². The summed E-state index contributed by atoms with van der Waals surface area (Å²) >= 11 is 0. The number of rotatable bonds is 7. The van der Waals surface area contributed by atoms with Crippen LogP contribution in [0.2, 0.25) is 0 Å². The van der Waals surface area contributed by atoms with E-state index in [4.69, 9.17) is 9.47 Å². The van der Waals surface area contributed by atoms with E-state index in [1.54, 1.807) is 7.05 Å². The first kappa shape index (κ1) is 21.3. The number of guanidine groups is 1. The van der Waals surface area contributed by atoms with E-state index < -0.39 is 0 Å². The minimum absolute atomic E-state index is 0.187. The average Bonchev–Trinajstić information content (AvgIpc) is 2.76. The molecule has 1 saturated heterocycles. The summed E-state index contributed by atoms with van der Waals surface area (Å²) in [4.78, 5) is 4.36. The van der Waals surface area contributed by atoms with Crippen LogP contribution in [-0.2, 0) is 22.6 Å². The first-order valence-corrected chi connectivity index (χ1v) is 10.5. The van der Waals surface area contributed by atoms with Gasteiger partial charge < -0.3 is 20.1 Å². The topological polar surface area (TPSA) is 54.9 Å². The summed E-state index contributed by atoms with van der Waals surface area (Å²) in [5.41, 5.74) is 4.98. The van der Waals surface area contributed by atoms with Gasteiger partial charge in [0, 0.05) is 26.8 Å². The lowest BCUT2D eigenvalue weighted by atomic mass is 10.0. The van der Waals surface area contributed by atoms with E-state index in [0.717, 1.165) is 38.6 Å². The van der Waals surface area contributed by atoms with Crippen molar-refractivity contribution < 1.29 is 9.47 Å². The summed E-state index contributed by atoms with van der Waals surface area (Å²) in [5.74, 6) is 0.799. The normalized spacial score (nSPS) is 16.4. The maximum absolute atomic E-state index is 6.00. The molecule has 1 fully saturated rings. The van der Waals surface area contributed by atoms with Crippen molar-refractivity contribution in [1.82, 2.24) is 10.6 Å². The molecule has 156 valence electrons. The molecule has 0 saturated carbocycles. The molecular weight excluding hydrogens is 362 g/mol.